The Morgan fingerprint density at radius 2 is 1.91 bits per heavy atom. The van der Waals surface area contributed by atoms with Crippen LogP contribution in [0.4, 0.5) is 5.95 Å². The summed E-state index contributed by atoms with van der Waals surface area (Å²) in [5.41, 5.74) is 3.45. The number of ketones is 1. The van der Waals surface area contributed by atoms with E-state index in [0.717, 1.165) is 41.2 Å². The fourth-order valence-corrected chi connectivity index (χ4v) is 4.73. The molecule has 1 aromatic heterocycles. The summed E-state index contributed by atoms with van der Waals surface area (Å²) in [6.07, 6.45) is 2.24. The first-order chi connectivity index (χ1) is 15.6. The summed E-state index contributed by atoms with van der Waals surface area (Å²) in [6.45, 7) is 6.13. The lowest BCUT2D eigenvalue weighted by molar-refractivity contribution is -0.114. The lowest BCUT2D eigenvalue weighted by Crippen LogP contribution is -2.28. The van der Waals surface area contributed by atoms with Gasteiger partial charge < -0.3 is 10.1 Å². The molecule has 1 atom stereocenters. The number of thioether (sulfide) groups is 1. The maximum Gasteiger partial charge on any atom is 0.227 e. The van der Waals surface area contributed by atoms with Crippen LogP contribution in [0.1, 0.15) is 50.8 Å². The van der Waals surface area contributed by atoms with Crippen LogP contribution < -0.4 is 10.1 Å². The van der Waals surface area contributed by atoms with Gasteiger partial charge in [-0.05, 0) is 31.9 Å². The number of nitrogens with zero attached hydrogens (tertiary/aromatic N) is 3. The SMILES string of the molecule is CCCCSc1nc2n(n1)C(c1ccccc1OCc1ccccc1)C(C(C)=O)=C(C)N2. The molecule has 1 unspecified atom stereocenters. The van der Waals surface area contributed by atoms with Crippen LogP contribution in [-0.4, -0.2) is 26.3 Å². The summed E-state index contributed by atoms with van der Waals surface area (Å²) in [5.74, 6) is 2.35. The molecule has 1 aliphatic rings. The zero-order valence-corrected chi connectivity index (χ0v) is 19.5. The normalized spacial score (nSPS) is 15.3. The van der Waals surface area contributed by atoms with Gasteiger partial charge in [0.15, 0.2) is 5.78 Å². The van der Waals surface area contributed by atoms with Gasteiger partial charge in [-0.3, -0.25) is 4.79 Å². The van der Waals surface area contributed by atoms with Crippen LogP contribution in [-0.2, 0) is 11.4 Å². The van der Waals surface area contributed by atoms with Crippen LogP contribution in [0.2, 0.25) is 0 Å². The predicted molar refractivity (Wildman–Crippen MR) is 128 cm³/mol. The van der Waals surface area contributed by atoms with Gasteiger partial charge >= 0.3 is 0 Å². The first-order valence-corrected chi connectivity index (χ1v) is 11.9. The molecule has 1 N–H and O–H groups in total. The van der Waals surface area contributed by atoms with Gasteiger partial charge in [0.1, 0.15) is 18.4 Å². The topological polar surface area (TPSA) is 69.0 Å². The molecule has 0 saturated carbocycles. The number of ether oxygens (including phenoxy) is 1. The van der Waals surface area contributed by atoms with Crippen molar-refractivity contribution in [3.05, 3.63) is 77.0 Å². The Kier molecular flexibility index (Phi) is 6.95. The van der Waals surface area contributed by atoms with E-state index in [1.807, 2.05) is 66.2 Å². The van der Waals surface area contributed by atoms with E-state index in [0.29, 0.717) is 23.3 Å². The third-order valence-corrected chi connectivity index (χ3v) is 6.32. The zero-order chi connectivity index (χ0) is 22.5. The van der Waals surface area contributed by atoms with E-state index in [9.17, 15) is 4.79 Å². The average molecular weight is 449 g/mol. The Labute approximate surface area is 193 Å². The van der Waals surface area contributed by atoms with E-state index in [1.54, 1.807) is 18.7 Å². The number of fused-ring (bicyclic) bond motifs is 1. The minimum Gasteiger partial charge on any atom is -0.489 e. The molecule has 0 fully saturated rings. The summed E-state index contributed by atoms with van der Waals surface area (Å²) in [7, 11) is 0. The third kappa shape index (κ3) is 4.72. The van der Waals surface area contributed by atoms with Gasteiger partial charge in [-0.1, -0.05) is 73.6 Å². The molecule has 2 aromatic carbocycles. The molecular weight excluding hydrogens is 420 g/mol. The number of aromatic nitrogens is 3. The lowest BCUT2D eigenvalue weighted by atomic mass is 9.92. The molecule has 0 amide bonds. The van der Waals surface area contributed by atoms with Gasteiger partial charge in [-0.2, -0.15) is 4.98 Å². The molecule has 7 heteroatoms. The number of carbonyl (C=O) groups excluding carboxylic acids is 1. The second kappa shape index (κ2) is 10.0. The van der Waals surface area contributed by atoms with Crippen molar-refractivity contribution in [2.75, 3.05) is 11.1 Å². The molecule has 0 aliphatic carbocycles. The van der Waals surface area contributed by atoms with Crippen molar-refractivity contribution in [3.8, 4) is 5.75 Å². The van der Waals surface area contributed by atoms with Gasteiger partial charge in [-0.25, -0.2) is 4.68 Å². The number of unbranched alkanes of at least 4 members (excludes halogenated alkanes) is 1. The van der Waals surface area contributed by atoms with Crippen LogP contribution in [0.5, 0.6) is 5.75 Å². The summed E-state index contributed by atoms with van der Waals surface area (Å²) in [6, 6.07) is 17.5. The first kappa shape index (κ1) is 22.1. The molecule has 0 bridgehead atoms. The fourth-order valence-electron chi connectivity index (χ4n) is 3.82. The first-order valence-electron chi connectivity index (χ1n) is 10.9. The zero-order valence-electron chi connectivity index (χ0n) is 18.7. The second-order valence-corrected chi connectivity index (χ2v) is 8.86. The summed E-state index contributed by atoms with van der Waals surface area (Å²) in [4.78, 5) is 17.4. The number of para-hydroxylation sites is 1. The van der Waals surface area contributed by atoms with Gasteiger partial charge in [0.05, 0.1) is 0 Å². The van der Waals surface area contributed by atoms with Crippen molar-refractivity contribution in [2.45, 2.75) is 51.4 Å². The van der Waals surface area contributed by atoms with Crippen molar-refractivity contribution >= 4 is 23.5 Å². The maximum absolute atomic E-state index is 12.7. The van der Waals surface area contributed by atoms with Gasteiger partial charge in [0.2, 0.25) is 11.1 Å². The number of benzene rings is 2. The van der Waals surface area contributed by atoms with Gasteiger partial charge in [-0.15, -0.1) is 5.10 Å². The minimum absolute atomic E-state index is 0.000742. The Balaban J connectivity index is 1.72. The highest BCUT2D eigenvalue weighted by atomic mass is 32.2. The van der Waals surface area contributed by atoms with Crippen LogP contribution in [0.3, 0.4) is 0 Å². The van der Waals surface area contributed by atoms with E-state index >= 15 is 0 Å². The van der Waals surface area contributed by atoms with Crippen molar-refractivity contribution in [1.29, 1.82) is 0 Å². The minimum atomic E-state index is -0.399. The summed E-state index contributed by atoms with van der Waals surface area (Å²) in [5, 5.41) is 8.76. The molecule has 166 valence electrons. The molecule has 1 aliphatic heterocycles. The average Bonchev–Trinajstić information content (AvgIpc) is 3.20. The van der Waals surface area contributed by atoms with Crippen molar-refractivity contribution < 1.29 is 9.53 Å². The highest BCUT2D eigenvalue weighted by Crippen LogP contribution is 2.40. The molecule has 0 radical (unpaired) electrons. The number of hydrogen-bond donors (Lipinski definition) is 1. The number of allylic oxidation sites excluding steroid dienone is 2. The number of rotatable bonds is 9. The van der Waals surface area contributed by atoms with Gasteiger partial charge in [0, 0.05) is 22.6 Å². The fraction of sp³-hybridized carbons (Fsp3) is 0.320. The Morgan fingerprint density at radius 1 is 1.16 bits per heavy atom. The molecule has 32 heavy (non-hydrogen) atoms. The quantitative estimate of drug-likeness (QED) is 0.338. The summed E-state index contributed by atoms with van der Waals surface area (Å²) >= 11 is 1.64. The van der Waals surface area contributed by atoms with Crippen LogP contribution in [0.15, 0.2) is 71.0 Å². The maximum atomic E-state index is 12.7. The van der Waals surface area contributed by atoms with E-state index < -0.39 is 6.04 Å². The smallest absolute Gasteiger partial charge is 0.227 e. The molecule has 2 heterocycles. The molecule has 0 spiro atoms. The highest BCUT2D eigenvalue weighted by molar-refractivity contribution is 7.99. The Morgan fingerprint density at radius 3 is 2.66 bits per heavy atom. The number of nitrogens with one attached hydrogen (secondary N) is 1. The van der Waals surface area contributed by atoms with E-state index in [4.69, 9.17) is 9.84 Å². The summed E-state index contributed by atoms with van der Waals surface area (Å²) < 4.78 is 8.04. The Hall–Kier alpha value is -3.06. The second-order valence-electron chi connectivity index (χ2n) is 7.80. The molecule has 0 saturated heterocycles. The van der Waals surface area contributed by atoms with Crippen LogP contribution in [0.25, 0.3) is 0 Å². The Bertz CT molecular complexity index is 1120. The number of Topliss-reactive ketones (excluding diaryl/α,β-unsaturated/α-hetero) is 1. The third-order valence-electron chi connectivity index (χ3n) is 5.39. The lowest BCUT2D eigenvalue weighted by Gasteiger charge is -2.29. The van der Waals surface area contributed by atoms with E-state index in [-0.39, 0.29) is 5.78 Å². The molecule has 4 rings (SSSR count). The van der Waals surface area contributed by atoms with Gasteiger partial charge in [0.25, 0.3) is 0 Å². The standard InChI is InChI=1S/C25H28N4O2S/c1-4-5-15-32-25-27-24-26-17(2)22(18(3)30)23(29(24)28-25)20-13-9-10-14-21(20)31-16-19-11-7-6-8-12-19/h6-14,23H,4-5,15-16H2,1-3H3,(H,26,27,28). The van der Waals surface area contributed by atoms with E-state index in [2.05, 4.69) is 17.2 Å². The van der Waals surface area contributed by atoms with E-state index in [1.165, 1.54) is 0 Å². The highest BCUT2D eigenvalue weighted by Gasteiger charge is 2.34. The van der Waals surface area contributed by atoms with Crippen LogP contribution in [0, 0.1) is 0 Å². The molecular formula is C25H28N4O2S. The number of carbonyl (C=O) groups is 1. The molecule has 3 aromatic rings. The predicted octanol–water partition coefficient (Wildman–Crippen LogP) is 5.63. The number of anilines is 1. The monoisotopic (exact) mass is 448 g/mol. The van der Waals surface area contributed by atoms with Crippen molar-refractivity contribution in [1.82, 2.24) is 14.8 Å². The molecule has 6 nitrogen and oxygen atoms in total. The van der Waals surface area contributed by atoms with Crippen LogP contribution >= 0.6 is 11.8 Å². The number of hydrogen-bond acceptors (Lipinski definition) is 6. The van der Waals surface area contributed by atoms with Crippen molar-refractivity contribution in [3.63, 3.8) is 0 Å². The largest absolute Gasteiger partial charge is 0.489 e. The van der Waals surface area contributed by atoms with Crippen molar-refractivity contribution in [2.24, 2.45) is 0 Å².